The van der Waals surface area contributed by atoms with Gasteiger partial charge in [-0.2, -0.15) is 0 Å². The lowest BCUT2D eigenvalue weighted by atomic mass is 10.1. The van der Waals surface area contributed by atoms with Gasteiger partial charge in [-0.15, -0.1) is 0 Å². The van der Waals surface area contributed by atoms with Gasteiger partial charge in [0.15, 0.2) is 0 Å². The number of rotatable bonds is 5. The second kappa shape index (κ2) is 6.60. The molecule has 1 nitrogen and oxygen atoms in total. The minimum atomic E-state index is 0.599. The summed E-state index contributed by atoms with van der Waals surface area (Å²) in [7, 11) is 0. The summed E-state index contributed by atoms with van der Waals surface area (Å²) in [4.78, 5) is 0. The Kier molecular flexibility index (Phi) is 4.82. The van der Waals surface area contributed by atoms with Gasteiger partial charge in [-0.3, -0.25) is 0 Å². The van der Waals surface area contributed by atoms with Crippen molar-refractivity contribution in [3.8, 4) is 5.75 Å². The average molecular weight is 305 g/mol. The number of para-hydroxylation sites is 1. The zero-order chi connectivity index (χ0) is 12.8. The van der Waals surface area contributed by atoms with Crippen LogP contribution in [0, 0.1) is 0 Å². The number of ether oxygens (including phenoxy) is 1. The zero-order valence-corrected chi connectivity index (χ0v) is 12.1. The smallest absolute Gasteiger partial charge is 0.122 e. The SMILES string of the molecule is CCCc1ccccc1OCc1ccccc1Br. The van der Waals surface area contributed by atoms with Gasteiger partial charge in [0.25, 0.3) is 0 Å². The maximum Gasteiger partial charge on any atom is 0.122 e. The number of hydrogen-bond acceptors (Lipinski definition) is 1. The molecule has 2 aromatic carbocycles. The Morgan fingerprint density at radius 2 is 1.61 bits per heavy atom. The molecular formula is C16H17BrO. The molecular weight excluding hydrogens is 288 g/mol. The second-order valence-corrected chi connectivity index (χ2v) is 5.09. The van der Waals surface area contributed by atoms with Crippen LogP contribution in [0.15, 0.2) is 53.0 Å². The van der Waals surface area contributed by atoms with Crippen LogP contribution in [0.25, 0.3) is 0 Å². The van der Waals surface area contributed by atoms with Crippen molar-refractivity contribution in [3.63, 3.8) is 0 Å². The van der Waals surface area contributed by atoms with Crippen LogP contribution in [0.1, 0.15) is 24.5 Å². The highest BCUT2D eigenvalue weighted by molar-refractivity contribution is 9.10. The molecule has 2 rings (SSSR count). The normalized spacial score (nSPS) is 10.3. The molecule has 0 saturated heterocycles. The number of aryl methyl sites for hydroxylation is 1. The third-order valence-electron chi connectivity index (χ3n) is 2.83. The van der Waals surface area contributed by atoms with Crippen LogP contribution in [0.2, 0.25) is 0 Å². The summed E-state index contributed by atoms with van der Waals surface area (Å²) in [6, 6.07) is 16.4. The monoisotopic (exact) mass is 304 g/mol. The summed E-state index contributed by atoms with van der Waals surface area (Å²) in [5.74, 6) is 0.995. The Bertz CT molecular complexity index is 508. The molecule has 2 aromatic rings. The summed E-state index contributed by atoms with van der Waals surface area (Å²) in [6.45, 7) is 2.78. The molecule has 0 radical (unpaired) electrons. The van der Waals surface area contributed by atoms with Crippen molar-refractivity contribution in [3.05, 3.63) is 64.1 Å². The van der Waals surface area contributed by atoms with Crippen LogP contribution < -0.4 is 4.74 Å². The third-order valence-corrected chi connectivity index (χ3v) is 3.61. The van der Waals surface area contributed by atoms with Crippen molar-refractivity contribution >= 4 is 15.9 Å². The highest BCUT2D eigenvalue weighted by atomic mass is 79.9. The number of halogens is 1. The highest BCUT2D eigenvalue weighted by Gasteiger charge is 2.04. The summed E-state index contributed by atoms with van der Waals surface area (Å²) < 4.78 is 7.02. The Hall–Kier alpha value is -1.28. The van der Waals surface area contributed by atoms with Crippen LogP contribution in [0.5, 0.6) is 5.75 Å². The molecule has 0 N–H and O–H groups in total. The molecule has 18 heavy (non-hydrogen) atoms. The van der Waals surface area contributed by atoms with Gasteiger partial charge in [0.2, 0.25) is 0 Å². The third kappa shape index (κ3) is 3.36. The van der Waals surface area contributed by atoms with Crippen LogP contribution >= 0.6 is 15.9 Å². The van der Waals surface area contributed by atoms with Crippen molar-refractivity contribution in [1.82, 2.24) is 0 Å². The standard InChI is InChI=1S/C16H17BrO/c1-2-7-13-8-4-6-11-16(13)18-12-14-9-3-5-10-15(14)17/h3-6,8-11H,2,7,12H2,1H3. The Morgan fingerprint density at radius 1 is 0.944 bits per heavy atom. The Labute approximate surface area is 117 Å². The lowest BCUT2D eigenvalue weighted by Crippen LogP contribution is -1.99. The Morgan fingerprint density at radius 3 is 2.33 bits per heavy atom. The topological polar surface area (TPSA) is 9.23 Å². The van der Waals surface area contributed by atoms with E-state index in [4.69, 9.17) is 4.74 Å². The van der Waals surface area contributed by atoms with Crippen LogP contribution in [-0.2, 0) is 13.0 Å². The van der Waals surface area contributed by atoms with Crippen molar-refractivity contribution in [1.29, 1.82) is 0 Å². The minimum absolute atomic E-state index is 0.599. The molecule has 94 valence electrons. The lowest BCUT2D eigenvalue weighted by molar-refractivity contribution is 0.302. The van der Waals surface area contributed by atoms with E-state index in [-0.39, 0.29) is 0 Å². The molecule has 0 atom stereocenters. The first-order chi connectivity index (χ1) is 8.81. The van der Waals surface area contributed by atoms with E-state index in [1.807, 2.05) is 30.3 Å². The van der Waals surface area contributed by atoms with Crippen LogP contribution in [0.3, 0.4) is 0 Å². The van der Waals surface area contributed by atoms with Crippen molar-refractivity contribution in [2.45, 2.75) is 26.4 Å². The molecule has 0 saturated carbocycles. The van der Waals surface area contributed by atoms with Gasteiger partial charge in [0, 0.05) is 10.0 Å². The predicted octanol–water partition coefficient (Wildman–Crippen LogP) is 4.98. The largest absolute Gasteiger partial charge is 0.489 e. The maximum atomic E-state index is 5.93. The first-order valence-corrected chi connectivity index (χ1v) is 7.04. The van der Waals surface area contributed by atoms with Gasteiger partial charge in [-0.25, -0.2) is 0 Å². The van der Waals surface area contributed by atoms with Gasteiger partial charge in [-0.05, 0) is 24.1 Å². The summed E-state index contributed by atoms with van der Waals surface area (Å²) >= 11 is 3.54. The molecule has 0 heterocycles. The molecule has 0 unspecified atom stereocenters. The quantitative estimate of drug-likeness (QED) is 0.757. The molecule has 0 aromatic heterocycles. The lowest BCUT2D eigenvalue weighted by Gasteiger charge is -2.11. The van der Waals surface area contributed by atoms with Crippen molar-refractivity contribution < 1.29 is 4.74 Å². The summed E-state index contributed by atoms with van der Waals surface area (Å²) in [6.07, 6.45) is 2.20. The number of hydrogen-bond donors (Lipinski definition) is 0. The average Bonchev–Trinajstić information content (AvgIpc) is 2.40. The predicted molar refractivity (Wildman–Crippen MR) is 78.9 cm³/mol. The Balaban J connectivity index is 2.08. The van der Waals surface area contributed by atoms with E-state index in [1.54, 1.807) is 0 Å². The van der Waals surface area contributed by atoms with E-state index in [0.29, 0.717) is 6.61 Å². The van der Waals surface area contributed by atoms with E-state index in [2.05, 4.69) is 41.1 Å². The molecule has 0 spiro atoms. The van der Waals surface area contributed by atoms with Crippen LogP contribution in [-0.4, -0.2) is 0 Å². The molecule has 0 fully saturated rings. The molecule has 0 amide bonds. The molecule has 2 heteroatoms. The first-order valence-electron chi connectivity index (χ1n) is 6.25. The van der Waals surface area contributed by atoms with Gasteiger partial charge >= 0.3 is 0 Å². The summed E-state index contributed by atoms with van der Waals surface area (Å²) in [5, 5.41) is 0. The van der Waals surface area contributed by atoms with Crippen molar-refractivity contribution in [2.75, 3.05) is 0 Å². The molecule has 0 bridgehead atoms. The fraction of sp³-hybridized carbons (Fsp3) is 0.250. The maximum absolute atomic E-state index is 5.93. The van der Waals surface area contributed by atoms with Gasteiger partial charge in [0.1, 0.15) is 12.4 Å². The first kappa shape index (κ1) is 13.2. The fourth-order valence-corrected chi connectivity index (χ4v) is 2.29. The zero-order valence-electron chi connectivity index (χ0n) is 10.5. The second-order valence-electron chi connectivity index (χ2n) is 4.24. The van der Waals surface area contributed by atoms with E-state index >= 15 is 0 Å². The minimum Gasteiger partial charge on any atom is -0.489 e. The summed E-state index contributed by atoms with van der Waals surface area (Å²) in [5.41, 5.74) is 2.45. The highest BCUT2D eigenvalue weighted by Crippen LogP contribution is 2.23. The molecule has 0 aliphatic carbocycles. The van der Waals surface area contributed by atoms with Crippen LogP contribution in [0.4, 0.5) is 0 Å². The van der Waals surface area contributed by atoms with Crippen molar-refractivity contribution in [2.24, 2.45) is 0 Å². The van der Waals surface area contributed by atoms with Gasteiger partial charge < -0.3 is 4.74 Å². The van der Waals surface area contributed by atoms with Gasteiger partial charge in [-0.1, -0.05) is 65.7 Å². The molecule has 0 aliphatic heterocycles. The molecule has 0 aliphatic rings. The van der Waals surface area contributed by atoms with E-state index < -0.39 is 0 Å². The fourth-order valence-electron chi connectivity index (χ4n) is 1.89. The van der Waals surface area contributed by atoms with E-state index in [0.717, 1.165) is 23.1 Å². The van der Waals surface area contributed by atoms with Gasteiger partial charge in [0.05, 0.1) is 0 Å². The van der Waals surface area contributed by atoms with E-state index in [1.165, 1.54) is 11.1 Å². The number of benzene rings is 2. The van der Waals surface area contributed by atoms with E-state index in [9.17, 15) is 0 Å².